The summed E-state index contributed by atoms with van der Waals surface area (Å²) in [5.41, 5.74) is 0. The first-order valence-electron chi connectivity index (χ1n) is 6.47. The van der Waals surface area contributed by atoms with E-state index in [1.807, 2.05) is 17.1 Å². The highest BCUT2D eigenvalue weighted by Gasteiger charge is 2.39. The molecule has 0 bridgehead atoms. The Kier molecular flexibility index (Phi) is 5.89. The summed E-state index contributed by atoms with van der Waals surface area (Å²) in [6, 6.07) is 0. The van der Waals surface area contributed by atoms with E-state index in [1.54, 1.807) is 0 Å². The number of halogens is 1. The van der Waals surface area contributed by atoms with Crippen LogP contribution in [0.15, 0.2) is 25.3 Å². The van der Waals surface area contributed by atoms with Gasteiger partial charge in [0.2, 0.25) is 5.91 Å². The lowest BCUT2D eigenvalue weighted by molar-refractivity contribution is -0.134. The summed E-state index contributed by atoms with van der Waals surface area (Å²) in [5.74, 6) is 1.69. The monoisotopic (exact) mass is 270 g/mol. The molecule has 0 saturated carbocycles. The van der Waals surface area contributed by atoms with Crippen molar-refractivity contribution >= 4 is 18.3 Å². The number of nitrogens with zero attached hydrogens (tertiary/aromatic N) is 1. The van der Waals surface area contributed by atoms with Crippen LogP contribution < -0.4 is 5.32 Å². The maximum atomic E-state index is 12.4. The van der Waals surface area contributed by atoms with Gasteiger partial charge in [-0.15, -0.1) is 25.6 Å². The quantitative estimate of drug-likeness (QED) is 0.774. The smallest absolute Gasteiger partial charge is 0.226 e. The van der Waals surface area contributed by atoms with Crippen LogP contribution >= 0.6 is 12.4 Å². The van der Waals surface area contributed by atoms with E-state index in [2.05, 4.69) is 18.5 Å². The maximum absolute atomic E-state index is 12.4. The fourth-order valence-electron chi connectivity index (χ4n) is 2.99. The molecule has 0 aromatic carbocycles. The number of carbonyl (C=O) groups excluding carboxylic acids is 1. The summed E-state index contributed by atoms with van der Waals surface area (Å²) in [6.45, 7) is 11.5. The van der Waals surface area contributed by atoms with Crippen molar-refractivity contribution in [2.75, 3.05) is 26.2 Å². The van der Waals surface area contributed by atoms with Crippen molar-refractivity contribution in [3.05, 3.63) is 25.3 Å². The second kappa shape index (κ2) is 6.95. The lowest BCUT2D eigenvalue weighted by Gasteiger charge is -2.22. The van der Waals surface area contributed by atoms with Crippen LogP contribution in [0.1, 0.15) is 12.8 Å². The minimum absolute atomic E-state index is 0. The number of allylic oxidation sites excluding steroid dienone is 2. The van der Waals surface area contributed by atoms with Gasteiger partial charge in [0.05, 0.1) is 0 Å². The number of nitrogens with one attached hydrogen (secondary N) is 1. The van der Waals surface area contributed by atoms with Crippen LogP contribution in [-0.2, 0) is 4.79 Å². The standard InChI is InChI=1S/C14H22N2O.ClH/c1-3-5-11(6-4-2)14(17)16-9-12-7-15-8-13(12)10-16;/h3-4,11-13,15H,1-2,5-10H2;1H/t12-,13+;. The van der Waals surface area contributed by atoms with Crippen molar-refractivity contribution < 1.29 is 4.79 Å². The fraction of sp³-hybridized carbons (Fsp3) is 0.643. The van der Waals surface area contributed by atoms with Gasteiger partial charge in [-0.1, -0.05) is 12.2 Å². The second-order valence-electron chi connectivity index (χ2n) is 5.17. The fourth-order valence-corrected chi connectivity index (χ4v) is 2.99. The van der Waals surface area contributed by atoms with Gasteiger partial charge in [0.1, 0.15) is 0 Å². The van der Waals surface area contributed by atoms with Crippen LogP contribution in [0.4, 0.5) is 0 Å². The topological polar surface area (TPSA) is 32.3 Å². The largest absolute Gasteiger partial charge is 0.342 e. The molecule has 2 aliphatic rings. The van der Waals surface area contributed by atoms with Gasteiger partial charge in [-0.05, 0) is 24.7 Å². The van der Waals surface area contributed by atoms with Gasteiger partial charge in [0, 0.05) is 32.1 Å². The molecule has 2 saturated heterocycles. The number of fused-ring (bicyclic) bond motifs is 1. The SMILES string of the molecule is C=CCC(CC=C)C(=O)N1C[C@H]2CNC[C@H]2C1.Cl. The van der Waals surface area contributed by atoms with Gasteiger partial charge in [0.25, 0.3) is 0 Å². The van der Waals surface area contributed by atoms with Crippen molar-refractivity contribution in [1.29, 1.82) is 0 Å². The van der Waals surface area contributed by atoms with Crippen molar-refractivity contribution in [1.82, 2.24) is 10.2 Å². The minimum atomic E-state index is 0. The third kappa shape index (κ3) is 3.15. The predicted molar refractivity (Wildman–Crippen MR) is 76.8 cm³/mol. The Morgan fingerprint density at radius 2 is 1.72 bits per heavy atom. The Hall–Kier alpha value is -0.800. The Bertz CT molecular complexity index is 297. The average Bonchev–Trinajstić information content (AvgIpc) is 2.87. The van der Waals surface area contributed by atoms with Gasteiger partial charge in [-0.2, -0.15) is 0 Å². The minimum Gasteiger partial charge on any atom is -0.342 e. The number of carbonyl (C=O) groups is 1. The molecule has 2 atom stereocenters. The van der Waals surface area contributed by atoms with E-state index in [0.29, 0.717) is 17.7 Å². The van der Waals surface area contributed by atoms with Crippen molar-refractivity contribution in [2.24, 2.45) is 17.8 Å². The molecule has 2 aliphatic heterocycles. The molecule has 2 fully saturated rings. The molecule has 2 rings (SSSR count). The van der Waals surface area contributed by atoms with Crippen molar-refractivity contribution in [2.45, 2.75) is 12.8 Å². The zero-order valence-corrected chi connectivity index (χ0v) is 11.6. The molecule has 0 aliphatic carbocycles. The summed E-state index contributed by atoms with van der Waals surface area (Å²) in [6.07, 6.45) is 5.19. The van der Waals surface area contributed by atoms with E-state index >= 15 is 0 Å². The molecule has 0 spiro atoms. The Balaban J connectivity index is 0.00000162. The van der Waals surface area contributed by atoms with Crippen LogP contribution in [0.5, 0.6) is 0 Å². The summed E-state index contributed by atoms with van der Waals surface area (Å²) < 4.78 is 0. The van der Waals surface area contributed by atoms with E-state index < -0.39 is 0 Å². The molecular weight excluding hydrogens is 248 g/mol. The van der Waals surface area contributed by atoms with Crippen LogP contribution in [0, 0.1) is 17.8 Å². The number of amides is 1. The number of rotatable bonds is 5. The molecule has 18 heavy (non-hydrogen) atoms. The van der Waals surface area contributed by atoms with Crippen molar-refractivity contribution in [3.8, 4) is 0 Å². The third-order valence-electron chi connectivity index (χ3n) is 3.95. The molecule has 2 heterocycles. The highest BCUT2D eigenvalue weighted by Crippen LogP contribution is 2.28. The van der Waals surface area contributed by atoms with E-state index in [0.717, 1.165) is 39.0 Å². The van der Waals surface area contributed by atoms with Crippen LogP contribution in [0.25, 0.3) is 0 Å². The highest BCUT2D eigenvalue weighted by atomic mass is 35.5. The van der Waals surface area contributed by atoms with Gasteiger partial charge < -0.3 is 10.2 Å². The first kappa shape index (κ1) is 15.3. The maximum Gasteiger partial charge on any atom is 0.226 e. The molecule has 0 aromatic rings. The lowest BCUT2D eigenvalue weighted by Crippen LogP contribution is -2.36. The number of hydrogen-bond acceptors (Lipinski definition) is 2. The summed E-state index contributed by atoms with van der Waals surface area (Å²) in [4.78, 5) is 14.4. The molecule has 1 N–H and O–H groups in total. The summed E-state index contributed by atoms with van der Waals surface area (Å²) in [5, 5.41) is 3.39. The third-order valence-corrected chi connectivity index (χ3v) is 3.95. The molecule has 4 heteroatoms. The molecule has 0 unspecified atom stereocenters. The summed E-state index contributed by atoms with van der Waals surface area (Å²) in [7, 11) is 0. The van der Waals surface area contributed by atoms with Crippen LogP contribution in [0.3, 0.4) is 0 Å². The highest BCUT2D eigenvalue weighted by molar-refractivity contribution is 5.85. The van der Waals surface area contributed by atoms with Gasteiger partial charge in [-0.3, -0.25) is 4.79 Å². The van der Waals surface area contributed by atoms with E-state index in [4.69, 9.17) is 0 Å². The normalized spacial score (nSPS) is 25.7. The van der Waals surface area contributed by atoms with Crippen LogP contribution in [0.2, 0.25) is 0 Å². The zero-order chi connectivity index (χ0) is 12.3. The number of hydrogen-bond donors (Lipinski definition) is 1. The molecule has 102 valence electrons. The lowest BCUT2D eigenvalue weighted by atomic mass is 10.00. The zero-order valence-electron chi connectivity index (χ0n) is 10.8. The Morgan fingerprint density at radius 1 is 1.22 bits per heavy atom. The van der Waals surface area contributed by atoms with Crippen LogP contribution in [-0.4, -0.2) is 37.0 Å². The van der Waals surface area contributed by atoms with Gasteiger partial charge in [-0.25, -0.2) is 0 Å². The van der Waals surface area contributed by atoms with E-state index in [9.17, 15) is 4.79 Å². The first-order chi connectivity index (χ1) is 8.26. The molecule has 1 amide bonds. The molecule has 0 radical (unpaired) electrons. The van der Waals surface area contributed by atoms with Gasteiger partial charge in [0.15, 0.2) is 0 Å². The number of likely N-dealkylation sites (tertiary alicyclic amines) is 1. The first-order valence-corrected chi connectivity index (χ1v) is 6.47. The molecular formula is C14H23ClN2O. The summed E-state index contributed by atoms with van der Waals surface area (Å²) >= 11 is 0. The Labute approximate surface area is 116 Å². The van der Waals surface area contributed by atoms with Crippen molar-refractivity contribution in [3.63, 3.8) is 0 Å². The predicted octanol–water partition coefficient (Wildman–Crippen LogP) is 1.85. The Morgan fingerprint density at radius 3 is 2.17 bits per heavy atom. The van der Waals surface area contributed by atoms with E-state index in [1.165, 1.54) is 0 Å². The average molecular weight is 271 g/mol. The molecule has 0 aromatic heterocycles. The van der Waals surface area contributed by atoms with Gasteiger partial charge >= 0.3 is 0 Å². The second-order valence-corrected chi connectivity index (χ2v) is 5.17. The molecule has 3 nitrogen and oxygen atoms in total. The van der Waals surface area contributed by atoms with E-state index in [-0.39, 0.29) is 18.3 Å².